The van der Waals surface area contributed by atoms with Crippen molar-refractivity contribution in [3.63, 3.8) is 0 Å². The Balaban J connectivity index is 1.42. The van der Waals surface area contributed by atoms with Gasteiger partial charge < -0.3 is 34.5 Å². The van der Waals surface area contributed by atoms with Crippen molar-refractivity contribution in [3.05, 3.63) is 102 Å². The van der Waals surface area contributed by atoms with Crippen molar-refractivity contribution in [1.29, 1.82) is 0 Å². The Morgan fingerprint density at radius 3 is 1.90 bits per heavy atom. The van der Waals surface area contributed by atoms with Crippen LogP contribution in [0.15, 0.2) is 94.7 Å². The highest BCUT2D eigenvalue weighted by Gasteiger charge is 2.41. The van der Waals surface area contributed by atoms with Gasteiger partial charge in [-0.25, -0.2) is 26.4 Å². The van der Waals surface area contributed by atoms with E-state index in [0.29, 0.717) is 34.8 Å². The van der Waals surface area contributed by atoms with E-state index in [1.54, 1.807) is 88.5 Å². The molecule has 3 heterocycles. The van der Waals surface area contributed by atoms with Gasteiger partial charge in [-0.3, -0.25) is 4.79 Å². The molecule has 2 amide bonds. The number of ether oxygens (including phenoxy) is 4. The van der Waals surface area contributed by atoms with E-state index < -0.39 is 47.6 Å². The second-order valence-corrected chi connectivity index (χ2v) is 21.0. The number of benzene rings is 4. The van der Waals surface area contributed by atoms with Gasteiger partial charge in [0.1, 0.15) is 32.6 Å². The molecule has 2 fully saturated rings. The van der Waals surface area contributed by atoms with Gasteiger partial charge in [0.2, 0.25) is 31.8 Å². The van der Waals surface area contributed by atoms with E-state index in [9.17, 15) is 9.59 Å². The number of methoxy groups -OCH3 is 3. The highest BCUT2D eigenvalue weighted by Crippen LogP contribution is 2.42. The molecule has 19 nitrogen and oxygen atoms in total. The number of tetrazole rings is 1. The summed E-state index contributed by atoms with van der Waals surface area (Å²) in [6, 6.07) is 22.6. The lowest BCUT2D eigenvalue weighted by Crippen LogP contribution is -2.42. The molecule has 67 heavy (non-hydrogen) atoms. The van der Waals surface area contributed by atoms with Crippen molar-refractivity contribution in [2.75, 3.05) is 52.4 Å². The van der Waals surface area contributed by atoms with Crippen LogP contribution in [0.1, 0.15) is 56.7 Å². The van der Waals surface area contributed by atoms with Crippen LogP contribution < -0.4 is 29.6 Å². The lowest BCUT2D eigenvalue weighted by molar-refractivity contribution is -0.120. The lowest BCUT2D eigenvalue weighted by Gasteiger charge is -2.33. The van der Waals surface area contributed by atoms with Crippen molar-refractivity contribution in [3.8, 4) is 28.6 Å². The Kier molecular flexibility index (Phi) is 14.9. The van der Waals surface area contributed by atoms with E-state index in [4.69, 9.17) is 24.7 Å². The van der Waals surface area contributed by atoms with Gasteiger partial charge in [0, 0.05) is 45.2 Å². The SMILES string of the molecule is COc1ccc(CN(Cc2ccc(OC)cc2)S(=O)(=O)c2c(S(=O)(=O)NC3CCN(C(=O)OC(C)(C)C)C3)ccc(N3CCC(CN)CC3=O)c2-c2nnn(Cc3ccc(OC)cc3)n2)cc1. The predicted molar refractivity (Wildman–Crippen MR) is 248 cm³/mol. The minimum absolute atomic E-state index is 0.0337. The molecular formula is C46H57N9O10S2. The van der Waals surface area contributed by atoms with Crippen LogP contribution in [-0.4, -0.2) is 117 Å². The fourth-order valence-electron chi connectivity index (χ4n) is 7.97. The molecule has 3 N–H and O–H groups in total. The first kappa shape index (κ1) is 48.8. The zero-order valence-electron chi connectivity index (χ0n) is 38.4. The minimum atomic E-state index is -4.97. The first-order chi connectivity index (χ1) is 31.9. The maximum Gasteiger partial charge on any atom is 0.410 e. The molecular weight excluding hydrogens is 903 g/mol. The number of sulfonamides is 2. The molecule has 2 unspecified atom stereocenters. The highest BCUT2D eigenvalue weighted by molar-refractivity contribution is 7.92. The third-order valence-corrected chi connectivity index (χ3v) is 15.1. The van der Waals surface area contributed by atoms with Gasteiger partial charge in [-0.2, -0.15) is 9.10 Å². The molecule has 2 saturated heterocycles. The minimum Gasteiger partial charge on any atom is -0.497 e. The number of hydrogen-bond acceptors (Lipinski definition) is 14. The number of aromatic nitrogens is 4. The number of hydrogen-bond donors (Lipinski definition) is 2. The fraction of sp³-hybridized carbons (Fsp3) is 0.413. The standard InChI is InChI=1S/C46H57N9O10S2/c1-46(2,3)65-45(57)52-23-22-35(30-52)50-66(58,59)40-20-19-39(54-24-21-34(26-47)25-41(54)56)42(44-48-51-55(49-44)29-33-11-17-38(64-6)18-12-33)43(40)67(60,61)53(27-31-7-13-36(62-4)14-8-31)28-32-9-15-37(63-5)16-10-32/h7-20,34-35,50H,21-30,47H2,1-6H3. The summed E-state index contributed by atoms with van der Waals surface area (Å²) in [6.45, 7) is 5.45. The van der Waals surface area contributed by atoms with E-state index in [2.05, 4.69) is 20.1 Å². The second-order valence-electron chi connectivity index (χ2n) is 17.4. The van der Waals surface area contributed by atoms with E-state index >= 15 is 16.8 Å². The Morgan fingerprint density at radius 1 is 0.806 bits per heavy atom. The van der Waals surface area contributed by atoms with Gasteiger partial charge in [-0.05, 0) is 117 Å². The van der Waals surface area contributed by atoms with Gasteiger partial charge in [0.05, 0.1) is 39.1 Å². The van der Waals surface area contributed by atoms with Gasteiger partial charge in [0.15, 0.2) is 0 Å². The molecule has 358 valence electrons. The van der Waals surface area contributed by atoms with Crippen LogP contribution in [-0.2, 0) is 49.2 Å². The number of carbonyl (C=O) groups is 2. The first-order valence-electron chi connectivity index (χ1n) is 21.8. The van der Waals surface area contributed by atoms with Crippen LogP contribution >= 0.6 is 0 Å². The Morgan fingerprint density at radius 2 is 1.37 bits per heavy atom. The highest BCUT2D eigenvalue weighted by atomic mass is 32.2. The summed E-state index contributed by atoms with van der Waals surface area (Å²) in [4.78, 5) is 29.9. The Hall–Kier alpha value is -6.13. The molecule has 4 aromatic carbocycles. The van der Waals surface area contributed by atoms with Crippen LogP contribution in [0.5, 0.6) is 17.2 Å². The molecule has 0 radical (unpaired) electrons. The van der Waals surface area contributed by atoms with E-state index in [1.165, 1.54) is 45.3 Å². The third-order valence-electron chi connectivity index (χ3n) is 11.5. The average molecular weight is 960 g/mol. The van der Waals surface area contributed by atoms with Crippen molar-refractivity contribution in [2.24, 2.45) is 11.7 Å². The fourth-order valence-corrected chi connectivity index (χ4v) is 11.6. The molecule has 2 aliphatic heterocycles. The molecule has 7 rings (SSSR count). The lowest BCUT2D eigenvalue weighted by atomic mass is 9.95. The largest absolute Gasteiger partial charge is 0.497 e. The number of nitrogens with two attached hydrogens (primary N) is 1. The van der Waals surface area contributed by atoms with Crippen molar-refractivity contribution in [2.45, 2.75) is 81.1 Å². The summed E-state index contributed by atoms with van der Waals surface area (Å²) in [5, 5.41) is 13.3. The summed E-state index contributed by atoms with van der Waals surface area (Å²) in [7, 11) is -5.15. The van der Waals surface area contributed by atoms with Crippen LogP contribution in [0.4, 0.5) is 10.5 Å². The summed E-state index contributed by atoms with van der Waals surface area (Å²) in [6.07, 6.45) is 0.190. The van der Waals surface area contributed by atoms with Crippen LogP contribution in [0, 0.1) is 5.92 Å². The van der Waals surface area contributed by atoms with E-state index in [-0.39, 0.29) is 87.6 Å². The van der Waals surface area contributed by atoms with Gasteiger partial charge in [-0.15, -0.1) is 10.2 Å². The van der Waals surface area contributed by atoms with Crippen LogP contribution in [0.2, 0.25) is 0 Å². The molecule has 0 bridgehead atoms. The van der Waals surface area contributed by atoms with E-state index in [0.717, 1.165) is 5.56 Å². The molecule has 2 atom stereocenters. The molecule has 5 aromatic rings. The monoisotopic (exact) mass is 959 g/mol. The van der Waals surface area contributed by atoms with Crippen molar-refractivity contribution < 1.29 is 45.4 Å². The molecule has 0 spiro atoms. The predicted octanol–water partition coefficient (Wildman–Crippen LogP) is 4.79. The third kappa shape index (κ3) is 11.5. The smallest absolute Gasteiger partial charge is 0.410 e. The quantitative estimate of drug-likeness (QED) is 0.128. The van der Waals surface area contributed by atoms with Gasteiger partial charge in [0.25, 0.3) is 0 Å². The summed E-state index contributed by atoms with van der Waals surface area (Å²) in [5.41, 5.74) is 6.95. The number of rotatable bonds is 17. The number of carbonyl (C=O) groups excluding carboxylic acids is 2. The molecule has 0 aliphatic carbocycles. The van der Waals surface area contributed by atoms with Gasteiger partial charge >= 0.3 is 6.09 Å². The first-order valence-corrected chi connectivity index (χ1v) is 24.7. The molecule has 0 saturated carbocycles. The number of likely N-dealkylation sites (tertiary alicyclic amines) is 1. The maximum absolute atomic E-state index is 16.0. The summed E-state index contributed by atoms with van der Waals surface area (Å²) in [5.74, 6) is 1.04. The summed E-state index contributed by atoms with van der Waals surface area (Å²) < 4.78 is 87.6. The van der Waals surface area contributed by atoms with Crippen LogP contribution in [0.25, 0.3) is 11.4 Å². The van der Waals surface area contributed by atoms with Crippen LogP contribution in [0.3, 0.4) is 0 Å². The molecule has 1 aromatic heterocycles. The van der Waals surface area contributed by atoms with Gasteiger partial charge in [-0.1, -0.05) is 36.4 Å². The number of piperidine rings is 1. The number of anilines is 1. The van der Waals surface area contributed by atoms with Crippen molar-refractivity contribution >= 4 is 37.7 Å². The van der Waals surface area contributed by atoms with E-state index in [1.807, 2.05) is 12.1 Å². The molecule has 2 aliphatic rings. The number of amides is 2. The normalized spacial score (nSPS) is 16.9. The Labute approximate surface area is 391 Å². The topological polar surface area (TPSA) is 231 Å². The Bertz CT molecular complexity index is 2710. The zero-order valence-corrected chi connectivity index (χ0v) is 40.0. The number of nitrogens with zero attached hydrogens (tertiary/aromatic N) is 7. The van der Waals surface area contributed by atoms with Crippen molar-refractivity contribution in [1.82, 2.24) is 34.1 Å². The maximum atomic E-state index is 16.0. The number of nitrogens with one attached hydrogen (secondary N) is 1. The second kappa shape index (κ2) is 20.4. The molecule has 21 heteroatoms. The summed E-state index contributed by atoms with van der Waals surface area (Å²) >= 11 is 0. The zero-order chi connectivity index (χ0) is 48.1. The average Bonchev–Trinajstić information content (AvgIpc) is 3.98.